The maximum Gasteiger partial charge on any atom is 0.231 e. The SMILES string of the molecule is Cc1[c]cc(C2CC2)n1-c1ccc2c(c1)OCO2. The average Bonchev–Trinajstić information content (AvgIpc) is 2.99. The van der Waals surface area contributed by atoms with Crippen LogP contribution in [0.3, 0.4) is 0 Å². The molecule has 1 aliphatic carbocycles. The smallest absolute Gasteiger partial charge is 0.231 e. The van der Waals surface area contributed by atoms with Gasteiger partial charge < -0.3 is 14.0 Å². The highest BCUT2D eigenvalue weighted by atomic mass is 16.7. The minimum Gasteiger partial charge on any atom is -0.454 e. The highest BCUT2D eigenvalue weighted by Gasteiger charge is 2.28. The van der Waals surface area contributed by atoms with E-state index in [9.17, 15) is 0 Å². The zero-order valence-electron chi connectivity index (χ0n) is 10.3. The Morgan fingerprint density at radius 3 is 2.89 bits per heavy atom. The molecule has 1 saturated carbocycles. The van der Waals surface area contributed by atoms with E-state index < -0.39 is 0 Å². The first-order valence-corrected chi connectivity index (χ1v) is 6.33. The van der Waals surface area contributed by atoms with Crippen molar-refractivity contribution in [2.75, 3.05) is 6.79 Å². The summed E-state index contributed by atoms with van der Waals surface area (Å²) >= 11 is 0. The predicted octanol–water partition coefficient (Wildman–Crippen LogP) is 3.19. The number of hydrogen-bond acceptors (Lipinski definition) is 2. The summed E-state index contributed by atoms with van der Waals surface area (Å²) in [7, 11) is 0. The molecule has 0 N–H and O–H groups in total. The van der Waals surface area contributed by atoms with Crippen LogP contribution in [0, 0.1) is 13.0 Å². The standard InChI is InChI=1S/C15H14NO2/c1-10-2-6-13(11-3-4-11)16(10)12-5-7-14-15(8-12)18-9-17-14/h5-8,11H,3-4,9H2,1H3. The first-order valence-electron chi connectivity index (χ1n) is 6.33. The van der Waals surface area contributed by atoms with E-state index in [1.807, 2.05) is 6.07 Å². The van der Waals surface area contributed by atoms with Gasteiger partial charge in [0.25, 0.3) is 0 Å². The first kappa shape index (κ1) is 10.1. The Kier molecular flexibility index (Phi) is 1.98. The van der Waals surface area contributed by atoms with Crippen LogP contribution in [0.15, 0.2) is 24.3 Å². The largest absolute Gasteiger partial charge is 0.454 e. The van der Waals surface area contributed by atoms with E-state index in [-0.39, 0.29) is 0 Å². The molecule has 1 aromatic carbocycles. The van der Waals surface area contributed by atoms with Crippen LogP contribution < -0.4 is 9.47 Å². The maximum atomic E-state index is 5.45. The summed E-state index contributed by atoms with van der Waals surface area (Å²) in [6.45, 7) is 2.42. The van der Waals surface area contributed by atoms with Crippen molar-refractivity contribution in [1.29, 1.82) is 0 Å². The molecule has 0 spiro atoms. The fourth-order valence-corrected chi connectivity index (χ4v) is 2.55. The monoisotopic (exact) mass is 240 g/mol. The van der Waals surface area contributed by atoms with E-state index in [1.165, 1.54) is 18.5 Å². The van der Waals surface area contributed by atoms with Gasteiger partial charge in [0.15, 0.2) is 11.5 Å². The highest BCUT2D eigenvalue weighted by Crippen LogP contribution is 2.42. The van der Waals surface area contributed by atoms with Gasteiger partial charge in [-0.15, -0.1) is 0 Å². The van der Waals surface area contributed by atoms with Crippen LogP contribution in [0.1, 0.15) is 30.1 Å². The molecule has 0 bridgehead atoms. The second kappa shape index (κ2) is 3.55. The summed E-state index contributed by atoms with van der Waals surface area (Å²) in [5.41, 5.74) is 3.65. The summed E-state index contributed by atoms with van der Waals surface area (Å²) in [6, 6.07) is 11.6. The minimum absolute atomic E-state index is 0.324. The zero-order valence-corrected chi connectivity index (χ0v) is 10.3. The van der Waals surface area contributed by atoms with Crippen molar-refractivity contribution in [3.63, 3.8) is 0 Å². The topological polar surface area (TPSA) is 23.4 Å². The number of ether oxygens (including phenoxy) is 2. The number of aromatic nitrogens is 1. The zero-order chi connectivity index (χ0) is 12.1. The Bertz CT molecular complexity index is 611. The summed E-state index contributed by atoms with van der Waals surface area (Å²) in [5.74, 6) is 2.38. The van der Waals surface area contributed by atoms with Crippen LogP contribution in [0.5, 0.6) is 11.5 Å². The van der Waals surface area contributed by atoms with Gasteiger partial charge in [0.1, 0.15) is 0 Å². The van der Waals surface area contributed by atoms with Crippen molar-refractivity contribution in [1.82, 2.24) is 4.57 Å². The van der Waals surface area contributed by atoms with E-state index in [0.717, 1.165) is 22.9 Å². The van der Waals surface area contributed by atoms with E-state index >= 15 is 0 Å². The molecule has 91 valence electrons. The van der Waals surface area contributed by atoms with Gasteiger partial charge in [-0.1, -0.05) is 0 Å². The minimum atomic E-state index is 0.324. The third-order valence-electron chi connectivity index (χ3n) is 3.63. The van der Waals surface area contributed by atoms with Gasteiger partial charge >= 0.3 is 0 Å². The molecule has 3 heteroatoms. The summed E-state index contributed by atoms with van der Waals surface area (Å²) in [5, 5.41) is 0. The lowest BCUT2D eigenvalue weighted by Gasteiger charge is -2.11. The second-order valence-electron chi connectivity index (χ2n) is 4.95. The van der Waals surface area contributed by atoms with Gasteiger partial charge in [-0.3, -0.25) is 0 Å². The quantitative estimate of drug-likeness (QED) is 0.804. The maximum absolute atomic E-state index is 5.45. The van der Waals surface area contributed by atoms with Crippen LogP contribution in [0.2, 0.25) is 0 Å². The lowest BCUT2D eigenvalue weighted by atomic mass is 10.2. The predicted molar refractivity (Wildman–Crippen MR) is 67.4 cm³/mol. The number of aryl methyl sites for hydroxylation is 1. The van der Waals surface area contributed by atoms with Crippen molar-refractivity contribution >= 4 is 0 Å². The molecular formula is C15H14NO2. The number of hydrogen-bond donors (Lipinski definition) is 0. The Hall–Kier alpha value is -1.90. The molecular weight excluding hydrogens is 226 g/mol. The van der Waals surface area contributed by atoms with E-state index in [0.29, 0.717) is 12.7 Å². The summed E-state index contributed by atoms with van der Waals surface area (Å²) in [4.78, 5) is 0. The average molecular weight is 240 g/mol. The molecule has 3 nitrogen and oxygen atoms in total. The third kappa shape index (κ3) is 1.43. The van der Waals surface area contributed by atoms with Gasteiger partial charge in [0.05, 0.1) is 0 Å². The molecule has 2 heterocycles. The molecule has 0 unspecified atom stereocenters. The van der Waals surface area contributed by atoms with Crippen molar-refractivity contribution in [2.24, 2.45) is 0 Å². The van der Waals surface area contributed by atoms with Crippen LogP contribution >= 0.6 is 0 Å². The fraction of sp³-hybridized carbons (Fsp3) is 0.333. The normalized spacial score (nSPS) is 17.2. The Morgan fingerprint density at radius 1 is 1.22 bits per heavy atom. The van der Waals surface area contributed by atoms with Crippen LogP contribution in [-0.4, -0.2) is 11.4 Å². The van der Waals surface area contributed by atoms with Gasteiger partial charge in [-0.25, -0.2) is 0 Å². The number of benzene rings is 1. The highest BCUT2D eigenvalue weighted by molar-refractivity contribution is 5.51. The molecule has 1 fully saturated rings. The molecule has 1 aliphatic heterocycles. The summed E-state index contributed by atoms with van der Waals surface area (Å²) < 4.78 is 13.1. The first-order chi connectivity index (χ1) is 8.83. The van der Waals surface area contributed by atoms with E-state index in [4.69, 9.17) is 9.47 Å². The Balaban J connectivity index is 1.85. The summed E-state index contributed by atoms with van der Waals surface area (Å²) in [6.07, 6.45) is 2.59. The van der Waals surface area contributed by atoms with Gasteiger partial charge in [0.2, 0.25) is 6.79 Å². The van der Waals surface area contributed by atoms with Crippen LogP contribution in [0.25, 0.3) is 5.69 Å². The number of nitrogens with zero attached hydrogens (tertiary/aromatic N) is 1. The fourth-order valence-electron chi connectivity index (χ4n) is 2.55. The molecule has 0 amide bonds. The van der Waals surface area contributed by atoms with Gasteiger partial charge in [-0.05, 0) is 43.9 Å². The van der Waals surface area contributed by atoms with E-state index in [2.05, 4.69) is 35.8 Å². The van der Waals surface area contributed by atoms with Gasteiger partial charge in [0, 0.05) is 29.2 Å². The number of rotatable bonds is 2. The number of fused-ring (bicyclic) bond motifs is 1. The van der Waals surface area contributed by atoms with E-state index in [1.54, 1.807) is 0 Å². The molecule has 0 saturated heterocycles. The second-order valence-corrected chi connectivity index (χ2v) is 4.95. The van der Waals surface area contributed by atoms with Crippen molar-refractivity contribution in [2.45, 2.75) is 25.7 Å². The molecule has 2 aliphatic rings. The van der Waals surface area contributed by atoms with Gasteiger partial charge in [-0.2, -0.15) is 0 Å². The molecule has 4 rings (SSSR count). The molecule has 1 radical (unpaired) electrons. The molecule has 2 aromatic rings. The van der Waals surface area contributed by atoms with Crippen LogP contribution in [0.4, 0.5) is 0 Å². The van der Waals surface area contributed by atoms with Crippen molar-refractivity contribution < 1.29 is 9.47 Å². The Morgan fingerprint density at radius 2 is 2.06 bits per heavy atom. The third-order valence-corrected chi connectivity index (χ3v) is 3.63. The van der Waals surface area contributed by atoms with Crippen LogP contribution in [-0.2, 0) is 0 Å². The van der Waals surface area contributed by atoms with Crippen molar-refractivity contribution in [3.8, 4) is 17.2 Å². The lowest BCUT2D eigenvalue weighted by Crippen LogP contribution is -2.00. The molecule has 0 atom stereocenters. The van der Waals surface area contributed by atoms with Crippen molar-refractivity contribution in [3.05, 3.63) is 41.7 Å². The lowest BCUT2D eigenvalue weighted by molar-refractivity contribution is 0.174. The molecule has 18 heavy (non-hydrogen) atoms. The molecule has 1 aromatic heterocycles. The Labute approximate surface area is 106 Å².